The molecule has 4 nitrogen and oxygen atoms in total. The van der Waals surface area contributed by atoms with E-state index in [4.69, 9.17) is 14.2 Å². The molecule has 0 saturated heterocycles. The third kappa shape index (κ3) is 5.85. The Morgan fingerprint density at radius 2 is 1.45 bits per heavy atom. The molecule has 0 aliphatic heterocycles. The Morgan fingerprint density at radius 3 is 2.14 bits per heavy atom. The van der Waals surface area contributed by atoms with Crippen molar-refractivity contribution in [1.82, 2.24) is 0 Å². The zero-order chi connectivity index (χ0) is 20.5. The smallest absolute Gasteiger partial charge is 0.355 e. The van der Waals surface area contributed by atoms with Crippen molar-refractivity contribution in [3.05, 3.63) is 90.5 Å². The second-order valence-corrected chi connectivity index (χ2v) is 7.03. The van der Waals surface area contributed by atoms with Crippen molar-refractivity contribution in [1.29, 1.82) is 0 Å². The van der Waals surface area contributed by atoms with Gasteiger partial charge >= 0.3 is 5.97 Å². The van der Waals surface area contributed by atoms with Crippen LogP contribution in [0.5, 0.6) is 17.2 Å². The SMILES string of the molecule is CCCC(C)(Oc1ccccc1)C(=O)Oc1cccc(OCc2ccccc2)c1. The van der Waals surface area contributed by atoms with Gasteiger partial charge in [-0.1, -0.05) is 67.9 Å². The monoisotopic (exact) mass is 390 g/mol. The van der Waals surface area contributed by atoms with Crippen LogP contribution in [-0.4, -0.2) is 11.6 Å². The fourth-order valence-corrected chi connectivity index (χ4v) is 3.00. The Morgan fingerprint density at radius 1 is 0.828 bits per heavy atom. The van der Waals surface area contributed by atoms with Crippen LogP contribution in [0.4, 0.5) is 0 Å². The Labute approximate surface area is 172 Å². The zero-order valence-corrected chi connectivity index (χ0v) is 16.8. The second-order valence-electron chi connectivity index (χ2n) is 7.03. The molecule has 0 aliphatic rings. The van der Waals surface area contributed by atoms with Gasteiger partial charge in [0.2, 0.25) is 5.60 Å². The molecule has 0 heterocycles. The minimum Gasteiger partial charge on any atom is -0.489 e. The molecular weight excluding hydrogens is 364 g/mol. The normalized spacial score (nSPS) is 12.6. The van der Waals surface area contributed by atoms with Crippen LogP contribution in [0.1, 0.15) is 32.3 Å². The van der Waals surface area contributed by atoms with Crippen LogP contribution in [0.2, 0.25) is 0 Å². The molecule has 3 aromatic carbocycles. The van der Waals surface area contributed by atoms with Gasteiger partial charge in [0.25, 0.3) is 0 Å². The van der Waals surface area contributed by atoms with Gasteiger partial charge in [-0.15, -0.1) is 0 Å². The lowest BCUT2D eigenvalue weighted by atomic mass is 10.0. The van der Waals surface area contributed by atoms with Crippen molar-refractivity contribution in [2.24, 2.45) is 0 Å². The van der Waals surface area contributed by atoms with Crippen LogP contribution in [0.15, 0.2) is 84.9 Å². The van der Waals surface area contributed by atoms with Crippen molar-refractivity contribution >= 4 is 5.97 Å². The number of carbonyl (C=O) groups excluding carboxylic acids is 1. The number of ether oxygens (including phenoxy) is 3. The van der Waals surface area contributed by atoms with Gasteiger partial charge in [-0.25, -0.2) is 4.79 Å². The van der Waals surface area contributed by atoms with Gasteiger partial charge in [0.15, 0.2) is 0 Å². The number of hydrogen-bond donors (Lipinski definition) is 0. The number of esters is 1. The zero-order valence-electron chi connectivity index (χ0n) is 16.8. The molecule has 0 saturated carbocycles. The second kappa shape index (κ2) is 9.78. The summed E-state index contributed by atoms with van der Waals surface area (Å²) >= 11 is 0. The van der Waals surface area contributed by atoms with Gasteiger partial charge in [0.1, 0.15) is 23.9 Å². The molecule has 1 unspecified atom stereocenters. The van der Waals surface area contributed by atoms with Crippen LogP contribution < -0.4 is 14.2 Å². The number of para-hydroxylation sites is 1. The van der Waals surface area contributed by atoms with E-state index in [0.29, 0.717) is 30.3 Å². The third-order valence-corrected chi connectivity index (χ3v) is 4.51. The standard InChI is InChI=1S/C25H26O4/c1-3-17-25(2,29-21-13-8-5-9-14-21)24(26)28-23-16-10-15-22(18-23)27-19-20-11-6-4-7-12-20/h4-16,18H,3,17,19H2,1-2H3. The molecule has 0 spiro atoms. The van der Waals surface area contributed by atoms with Crippen molar-refractivity contribution in [3.8, 4) is 17.2 Å². The summed E-state index contributed by atoms with van der Waals surface area (Å²) in [4.78, 5) is 12.9. The van der Waals surface area contributed by atoms with E-state index in [2.05, 4.69) is 0 Å². The lowest BCUT2D eigenvalue weighted by Crippen LogP contribution is -2.44. The van der Waals surface area contributed by atoms with Gasteiger partial charge in [0, 0.05) is 6.07 Å². The molecule has 1 atom stereocenters. The summed E-state index contributed by atoms with van der Waals surface area (Å²) in [6.45, 7) is 4.22. The van der Waals surface area contributed by atoms with Crippen molar-refractivity contribution in [2.45, 2.75) is 38.9 Å². The van der Waals surface area contributed by atoms with Crippen LogP contribution in [-0.2, 0) is 11.4 Å². The predicted molar refractivity (Wildman–Crippen MR) is 113 cm³/mol. The summed E-state index contributed by atoms with van der Waals surface area (Å²) in [5.41, 5.74) is -0.00142. The molecule has 0 fully saturated rings. The predicted octanol–water partition coefficient (Wildman–Crippen LogP) is 5.81. The highest BCUT2D eigenvalue weighted by atomic mass is 16.6. The van der Waals surface area contributed by atoms with Gasteiger partial charge in [0.05, 0.1) is 0 Å². The van der Waals surface area contributed by atoms with Crippen molar-refractivity contribution < 1.29 is 19.0 Å². The molecule has 0 aliphatic carbocycles. The van der Waals surface area contributed by atoms with Crippen LogP contribution >= 0.6 is 0 Å². The molecular formula is C25H26O4. The van der Waals surface area contributed by atoms with E-state index in [0.717, 1.165) is 12.0 Å². The molecule has 29 heavy (non-hydrogen) atoms. The molecule has 0 bridgehead atoms. The van der Waals surface area contributed by atoms with E-state index in [1.54, 1.807) is 25.1 Å². The summed E-state index contributed by atoms with van der Waals surface area (Å²) in [6.07, 6.45) is 1.34. The van der Waals surface area contributed by atoms with E-state index >= 15 is 0 Å². The minimum atomic E-state index is -1.07. The molecule has 0 radical (unpaired) electrons. The maximum atomic E-state index is 12.9. The van der Waals surface area contributed by atoms with E-state index in [-0.39, 0.29) is 0 Å². The highest BCUT2D eigenvalue weighted by Crippen LogP contribution is 2.27. The topological polar surface area (TPSA) is 44.8 Å². The first kappa shape index (κ1) is 20.5. The fraction of sp³-hybridized carbons (Fsp3) is 0.240. The number of hydrogen-bond acceptors (Lipinski definition) is 4. The lowest BCUT2D eigenvalue weighted by Gasteiger charge is -2.28. The molecule has 150 valence electrons. The Hall–Kier alpha value is -3.27. The first-order valence-corrected chi connectivity index (χ1v) is 9.82. The average molecular weight is 390 g/mol. The first-order chi connectivity index (χ1) is 14.1. The van der Waals surface area contributed by atoms with E-state index < -0.39 is 11.6 Å². The van der Waals surface area contributed by atoms with Gasteiger partial charge in [-0.2, -0.15) is 0 Å². The third-order valence-electron chi connectivity index (χ3n) is 4.51. The van der Waals surface area contributed by atoms with Gasteiger partial charge in [-0.05, 0) is 43.2 Å². The summed E-state index contributed by atoms with van der Waals surface area (Å²) in [6, 6.07) is 26.3. The molecule has 3 aromatic rings. The van der Waals surface area contributed by atoms with Gasteiger partial charge < -0.3 is 14.2 Å². The van der Waals surface area contributed by atoms with E-state index in [1.807, 2.05) is 73.7 Å². The Bertz CT molecular complexity index is 908. The maximum Gasteiger partial charge on any atom is 0.355 e. The average Bonchev–Trinajstić information content (AvgIpc) is 2.74. The minimum absolute atomic E-state index is 0.427. The maximum absolute atomic E-state index is 12.9. The summed E-state index contributed by atoms with van der Waals surface area (Å²) in [7, 11) is 0. The molecule has 4 heteroatoms. The Kier molecular flexibility index (Phi) is 6.90. The first-order valence-electron chi connectivity index (χ1n) is 9.82. The molecule has 0 amide bonds. The highest BCUT2D eigenvalue weighted by Gasteiger charge is 2.37. The van der Waals surface area contributed by atoms with E-state index in [1.165, 1.54) is 0 Å². The molecule has 0 aromatic heterocycles. The number of rotatable bonds is 9. The summed E-state index contributed by atoms with van der Waals surface area (Å²) in [5.74, 6) is 1.28. The van der Waals surface area contributed by atoms with Gasteiger partial charge in [-0.3, -0.25) is 0 Å². The lowest BCUT2D eigenvalue weighted by molar-refractivity contribution is -0.151. The molecule has 3 rings (SSSR count). The fourth-order valence-electron chi connectivity index (χ4n) is 3.00. The quantitative estimate of drug-likeness (QED) is 0.342. The highest BCUT2D eigenvalue weighted by molar-refractivity contribution is 5.81. The van der Waals surface area contributed by atoms with Crippen molar-refractivity contribution in [3.63, 3.8) is 0 Å². The van der Waals surface area contributed by atoms with Crippen LogP contribution in [0.25, 0.3) is 0 Å². The Balaban J connectivity index is 1.67. The summed E-state index contributed by atoms with van der Waals surface area (Å²) in [5, 5.41) is 0. The number of carbonyl (C=O) groups is 1. The van der Waals surface area contributed by atoms with Crippen LogP contribution in [0, 0.1) is 0 Å². The van der Waals surface area contributed by atoms with Crippen LogP contribution in [0.3, 0.4) is 0 Å². The van der Waals surface area contributed by atoms with Crippen molar-refractivity contribution in [2.75, 3.05) is 0 Å². The number of benzene rings is 3. The van der Waals surface area contributed by atoms with E-state index in [9.17, 15) is 4.79 Å². The molecule has 0 N–H and O–H groups in total. The summed E-state index contributed by atoms with van der Waals surface area (Å²) < 4.78 is 17.5. The largest absolute Gasteiger partial charge is 0.489 e.